The van der Waals surface area contributed by atoms with Gasteiger partial charge in [0.25, 0.3) is 20.2 Å². The molecule has 7 nitrogen and oxygen atoms in total. The Morgan fingerprint density at radius 2 is 1.41 bits per heavy atom. The molecule has 0 unspecified atom stereocenters. The molecule has 0 saturated carbocycles. The summed E-state index contributed by atoms with van der Waals surface area (Å²) in [6, 6.07) is 3.23. The van der Waals surface area contributed by atoms with Crippen molar-refractivity contribution >= 4 is 32.1 Å². The first-order valence-electron chi connectivity index (χ1n) is 8.89. The number of halogens is 3. The van der Waals surface area contributed by atoms with Gasteiger partial charge in [-0.25, -0.2) is 0 Å². The summed E-state index contributed by atoms with van der Waals surface area (Å²) >= 11 is 0. The lowest BCUT2D eigenvalue weighted by Gasteiger charge is -2.28. The van der Waals surface area contributed by atoms with Crippen molar-refractivity contribution in [1.82, 2.24) is 0 Å². The molecule has 1 aromatic rings. The van der Waals surface area contributed by atoms with Crippen LogP contribution in [0, 0.1) is 0 Å². The van der Waals surface area contributed by atoms with Crippen LogP contribution in [-0.4, -0.2) is 43.7 Å². The molecule has 2 N–H and O–H groups in total. The van der Waals surface area contributed by atoms with Crippen LogP contribution in [0.15, 0.2) is 23.2 Å². The van der Waals surface area contributed by atoms with E-state index in [0.717, 1.165) is 12.1 Å². The molecule has 0 fully saturated rings. The van der Waals surface area contributed by atoms with Gasteiger partial charge in [0.1, 0.15) is 0 Å². The number of nitrogens with zero attached hydrogens (tertiary/aromatic N) is 1. The third-order valence-corrected chi connectivity index (χ3v) is 6.47. The van der Waals surface area contributed by atoms with Crippen LogP contribution in [-0.2, 0) is 31.8 Å². The standard InChI is InChI=1S/C17H22F3NO6S2/c18-17(19,20)13-5-6-15-14(11-13)16(12-21-15,7-1-3-9-28(22,23)24)8-2-4-10-29(25,26)27/h5-6,11-12H,1-4,7-10H2,(H,22,23,24)(H,25,26,27). The molecule has 0 radical (unpaired) electrons. The number of rotatable bonds is 10. The Morgan fingerprint density at radius 3 is 1.86 bits per heavy atom. The van der Waals surface area contributed by atoms with Gasteiger partial charge in [0, 0.05) is 11.6 Å². The molecule has 1 heterocycles. The van der Waals surface area contributed by atoms with Crippen LogP contribution in [0.4, 0.5) is 18.9 Å². The van der Waals surface area contributed by atoms with E-state index in [1.807, 2.05) is 0 Å². The van der Waals surface area contributed by atoms with Gasteiger partial charge in [0.05, 0.1) is 22.8 Å². The smallest absolute Gasteiger partial charge is 0.286 e. The molecule has 1 aliphatic heterocycles. The number of aliphatic imine (C=N–C) groups is 1. The molecule has 29 heavy (non-hydrogen) atoms. The predicted octanol–water partition coefficient (Wildman–Crippen LogP) is 3.78. The van der Waals surface area contributed by atoms with Crippen LogP contribution >= 0.6 is 0 Å². The van der Waals surface area contributed by atoms with Crippen molar-refractivity contribution in [3.8, 4) is 0 Å². The molecule has 2 rings (SSSR count). The minimum absolute atomic E-state index is 0.119. The second-order valence-electron chi connectivity index (χ2n) is 7.13. The number of fused-ring (bicyclic) bond motifs is 1. The van der Waals surface area contributed by atoms with Crippen molar-refractivity contribution in [2.45, 2.75) is 50.1 Å². The summed E-state index contributed by atoms with van der Waals surface area (Å²) in [7, 11) is -8.28. The second-order valence-corrected chi connectivity index (χ2v) is 10.3. The van der Waals surface area contributed by atoms with Crippen molar-refractivity contribution in [2.24, 2.45) is 4.99 Å². The van der Waals surface area contributed by atoms with Crippen LogP contribution < -0.4 is 0 Å². The quantitative estimate of drug-likeness (QED) is 0.407. The second kappa shape index (κ2) is 8.70. The zero-order chi connectivity index (χ0) is 21.9. The first-order valence-corrected chi connectivity index (χ1v) is 12.1. The topological polar surface area (TPSA) is 121 Å². The highest BCUT2D eigenvalue weighted by atomic mass is 32.2. The van der Waals surface area contributed by atoms with E-state index >= 15 is 0 Å². The maximum Gasteiger partial charge on any atom is 0.416 e. The highest BCUT2D eigenvalue weighted by Crippen LogP contribution is 2.45. The highest BCUT2D eigenvalue weighted by molar-refractivity contribution is 7.86. The van der Waals surface area contributed by atoms with Crippen LogP contribution in [0.5, 0.6) is 0 Å². The van der Waals surface area contributed by atoms with Crippen LogP contribution in [0.25, 0.3) is 0 Å². The minimum Gasteiger partial charge on any atom is -0.286 e. The first kappa shape index (κ1) is 23.8. The Kier molecular flexibility index (Phi) is 7.13. The van der Waals surface area contributed by atoms with Gasteiger partial charge in [-0.15, -0.1) is 0 Å². The lowest BCUT2D eigenvalue weighted by Crippen LogP contribution is -2.27. The van der Waals surface area contributed by atoms with Gasteiger partial charge in [0.15, 0.2) is 0 Å². The fraction of sp³-hybridized carbons (Fsp3) is 0.588. The average Bonchev–Trinajstić information content (AvgIpc) is 2.92. The lowest BCUT2D eigenvalue weighted by atomic mass is 9.74. The number of hydrogen-bond donors (Lipinski definition) is 2. The Balaban J connectivity index is 2.23. The van der Waals surface area contributed by atoms with Gasteiger partial charge in [0.2, 0.25) is 0 Å². The molecule has 1 aliphatic rings. The zero-order valence-corrected chi connectivity index (χ0v) is 17.0. The Bertz CT molecular complexity index is 931. The van der Waals surface area contributed by atoms with Crippen LogP contribution in [0.3, 0.4) is 0 Å². The summed E-state index contributed by atoms with van der Waals surface area (Å²) in [5, 5.41) is 0. The van der Waals surface area contributed by atoms with Gasteiger partial charge >= 0.3 is 6.18 Å². The molecular formula is C17H22F3NO6S2. The van der Waals surface area contributed by atoms with Gasteiger partial charge < -0.3 is 0 Å². The maximum absolute atomic E-state index is 13.2. The summed E-state index contributed by atoms with van der Waals surface area (Å²) in [5.74, 6) is -0.920. The monoisotopic (exact) mass is 457 g/mol. The molecule has 0 aromatic heterocycles. The van der Waals surface area contributed by atoms with E-state index in [-0.39, 0.29) is 25.7 Å². The predicted molar refractivity (Wildman–Crippen MR) is 102 cm³/mol. The summed E-state index contributed by atoms with van der Waals surface area (Å²) in [6.07, 6.45) is -1.60. The Labute approximate surface area is 167 Å². The van der Waals surface area contributed by atoms with Gasteiger partial charge in [-0.3, -0.25) is 14.1 Å². The van der Waals surface area contributed by atoms with Crippen molar-refractivity contribution in [1.29, 1.82) is 0 Å². The van der Waals surface area contributed by atoms with Crippen LogP contribution in [0.1, 0.15) is 49.7 Å². The van der Waals surface area contributed by atoms with E-state index < -0.39 is 48.9 Å². The summed E-state index contributed by atoms with van der Waals surface area (Å²) < 4.78 is 101. The van der Waals surface area contributed by atoms with E-state index in [1.54, 1.807) is 0 Å². The SMILES string of the molecule is O=S(=O)(O)CCCCC1(CCCCS(=O)(=O)O)C=Nc2ccc(C(F)(F)F)cc21. The average molecular weight is 457 g/mol. The van der Waals surface area contributed by atoms with Gasteiger partial charge in [-0.05, 0) is 49.4 Å². The normalized spacial score (nSPS) is 16.2. The summed E-state index contributed by atoms with van der Waals surface area (Å²) in [4.78, 5) is 4.20. The molecule has 1 aromatic carbocycles. The van der Waals surface area contributed by atoms with Crippen molar-refractivity contribution in [3.05, 3.63) is 29.3 Å². The van der Waals surface area contributed by atoms with Crippen molar-refractivity contribution in [2.75, 3.05) is 11.5 Å². The molecule has 0 spiro atoms. The summed E-state index contributed by atoms with van der Waals surface area (Å²) in [5.41, 5.74) is -1.01. The maximum atomic E-state index is 13.2. The molecule has 0 bridgehead atoms. The van der Waals surface area contributed by atoms with Crippen molar-refractivity contribution < 1.29 is 39.1 Å². The number of unbranched alkanes of at least 4 members (excludes halogenated alkanes) is 2. The molecule has 0 saturated heterocycles. The largest absolute Gasteiger partial charge is 0.416 e. The lowest BCUT2D eigenvalue weighted by molar-refractivity contribution is -0.137. The van der Waals surface area contributed by atoms with Gasteiger partial charge in [-0.2, -0.15) is 30.0 Å². The molecule has 0 aliphatic carbocycles. The summed E-state index contributed by atoms with van der Waals surface area (Å²) in [6.45, 7) is 0. The zero-order valence-electron chi connectivity index (χ0n) is 15.4. The minimum atomic E-state index is -4.54. The number of alkyl halides is 3. The molecule has 164 valence electrons. The fourth-order valence-electron chi connectivity index (χ4n) is 3.46. The molecule has 0 amide bonds. The van der Waals surface area contributed by atoms with Crippen molar-refractivity contribution in [3.63, 3.8) is 0 Å². The number of hydrogen-bond acceptors (Lipinski definition) is 5. The van der Waals surface area contributed by atoms with Gasteiger partial charge in [-0.1, -0.05) is 12.8 Å². The van der Waals surface area contributed by atoms with E-state index in [4.69, 9.17) is 9.11 Å². The number of benzene rings is 1. The van der Waals surface area contributed by atoms with E-state index in [1.165, 1.54) is 12.3 Å². The van der Waals surface area contributed by atoms with E-state index in [9.17, 15) is 30.0 Å². The Morgan fingerprint density at radius 1 is 0.897 bits per heavy atom. The molecule has 0 atom stereocenters. The highest BCUT2D eigenvalue weighted by Gasteiger charge is 2.39. The first-order chi connectivity index (χ1) is 13.2. The van der Waals surface area contributed by atoms with E-state index in [2.05, 4.69) is 4.99 Å². The molecular weight excluding hydrogens is 435 g/mol. The third-order valence-electron chi connectivity index (χ3n) is 4.86. The molecule has 12 heteroatoms. The fourth-order valence-corrected chi connectivity index (χ4v) is 4.60. The third kappa shape index (κ3) is 7.05. The Hall–Kier alpha value is -1.50. The van der Waals surface area contributed by atoms with Crippen LogP contribution in [0.2, 0.25) is 0 Å². The van der Waals surface area contributed by atoms with E-state index in [0.29, 0.717) is 24.1 Å².